The monoisotopic (exact) mass is 1920 g/mol. The minimum Gasteiger partial charge on any atom is -0.309 e. The summed E-state index contributed by atoms with van der Waals surface area (Å²) in [6.45, 7) is 0. The maximum atomic E-state index is 5.21. The summed E-state index contributed by atoms with van der Waals surface area (Å²) in [4.78, 5) is 46.0. The zero-order chi connectivity index (χ0) is 99.1. The summed E-state index contributed by atoms with van der Waals surface area (Å²) in [7, 11) is 0. The molecule has 0 bridgehead atoms. The highest BCUT2D eigenvalue weighted by Crippen LogP contribution is 2.48. The van der Waals surface area contributed by atoms with E-state index in [9.17, 15) is 0 Å². The minimum atomic E-state index is 0.578. The lowest BCUT2D eigenvalue weighted by atomic mass is 10.0. The van der Waals surface area contributed by atoms with E-state index in [2.05, 4.69) is 410 Å². The van der Waals surface area contributed by atoms with Crippen molar-refractivity contribution >= 4 is 131 Å². The molecule has 0 saturated heterocycles. The predicted octanol–water partition coefficient (Wildman–Crippen LogP) is 33.2. The van der Waals surface area contributed by atoms with Gasteiger partial charge >= 0.3 is 0 Å². The fourth-order valence-corrected chi connectivity index (χ4v) is 22.0. The highest BCUT2D eigenvalue weighted by Gasteiger charge is 2.29. The highest BCUT2D eigenvalue weighted by molar-refractivity contribution is 6.29. The van der Waals surface area contributed by atoms with Gasteiger partial charge in [0, 0.05) is 115 Å². The summed E-state index contributed by atoms with van der Waals surface area (Å²) >= 11 is 0. The second kappa shape index (κ2) is 37.0. The second-order valence-electron chi connectivity index (χ2n) is 37.5. The third kappa shape index (κ3) is 15.2. The van der Waals surface area contributed by atoms with E-state index in [0.717, 1.165) is 143 Å². The van der Waals surface area contributed by atoms with Crippen LogP contribution in [-0.2, 0) is 0 Å². The first-order chi connectivity index (χ1) is 74.4. The van der Waals surface area contributed by atoms with E-state index >= 15 is 0 Å². The molecule has 30 aromatic rings. The van der Waals surface area contributed by atoms with Crippen molar-refractivity contribution in [3.05, 3.63) is 528 Å². The first kappa shape index (κ1) is 87.3. The molecule has 15 nitrogen and oxygen atoms in total. The highest BCUT2D eigenvalue weighted by atomic mass is 15.2. The summed E-state index contributed by atoms with van der Waals surface area (Å²) in [5, 5.41) is 14.2. The van der Waals surface area contributed by atoms with Crippen LogP contribution in [0.25, 0.3) is 267 Å². The van der Waals surface area contributed by atoms with Gasteiger partial charge in [0.25, 0.3) is 0 Å². The van der Waals surface area contributed by atoms with Crippen LogP contribution in [0.3, 0.4) is 0 Å². The van der Waals surface area contributed by atoms with E-state index in [1.54, 1.807) is 0 Å². The molecule has 0 spiro atoms. The van der Waals surface area contributed by atoms with Gasteiger partial charge in [0.2, 0.25) is 17.8 Å². The van der Waals surface area contributed by atoms with E-state index in [-0.39, 0.29) is 0 Å². The van der Waals surface area contributed by atoms with Crippen molar-refractivity contribution in [2.45, 2.75) is 0 Å². The van der Waals surface area contributed by atoms with Gasteiger partial charge in [-0.05, 0) is 124 Å². The van der Waals surface area contributed by atoms with Crippen LogP contribution in [-0.4, -0.2) is 72.3 Å². The molecule has 0 atom stereocenters. The molecular weight excluding hydrogens is 1830 g/mol. The molecule has 9 aromatic heterocycles. The standard InChI is InChI=1S/3C45H29N5/c1-4-15-30(16-5-1)33-21-14-22-34(29-33)49-38-25-12-10-23-35(38)36-27-28-40-41(42(36)49)37-24-11-13-26-39(37)50(40)45-47-43(31-17-6-2-7-18-31)46-44(48-45)32-19-8-3-9-20-32;1-4-14-30(15-5-1)31-24-26-33(27-25-31)44-46-43(32-16-6-2-7-17-32)47-45(48-44)50-39-23-13-11-21-37(39)41-40(50)29-28-36-35-20-10-12-22-38(35)49(42(36)41)34-18-8-3-9-19-34;1-4-14-30(15-5-1)31-24-26-34(27-25-31)49-38-22-12-10-20-35(38)36-28-29-40-41(42(36)49)37-21-11-13-23-39(37)50(40)45-47-43(32-16-6-2-7-17-32)46-44(48-45)33-18-8-3-9-19-33/h3*1-29H. The Kier molecular flexibility index (Phi) is 21.5. The fraction of sp³-hybridized carbons (Fsp3) is 0. The Balaban J connectivity index is 0.000000108. The van der Waals surface area contributed by atoms with Gasteiger partial charge in [-0.1, -0.05) is 437 Å². The van der Waals surface area contributed by atoms with Crippen LogP contribution in [0.1, 0.15) is 0 Å². The molecule has 15 heteroatoms. The van der Waals surface area contributed by atoms with Crippen molar-refractivity contribution in [3.63, 3.8) is 0 Å². The lowest BCUT2D eigenvalue weighted by molar-refractivity contribution is 0.953. The smallest absolute Gasteiger partial charge is 0.238 e. The zero-order valence-corrected chi connectivity index (χ0v) is 80.9. The molecule has 21 aromatic carbocycles. The number of fused-ring (bicyclic) bond motifs is 21. The SMILES string of the molecule is c1ccc(-c2ccc(-c3nc(-c4ccccc4)nc(-n4c5ccccc5c5c4ccc4c6ccccc6n(-c6ccccc6)c45)n3)cc2)cc1.c1ccc(-c2ccc(-n3c4ccccc4c4ccc5c(c6ccccc6n5-c5nc(-c6ccccc6)nc(-c6ccccc6)n5)c43)cc2)cc1.c1ccc(-c2cccc(-n3c4ccccc4c4ccc5c(c6ccccc6n5-c5nc(-c6ccccc6)nc(-c6ccccc6)n5)c43)c2)cc1. The van der Waals surface area contributed by atoms with Crippen LogP contribution < -0.4 is 0 Å². The average molecular weight is 1920 g/mol. The minimum absolute atomic E-state index is 0.578. The van der Waals surface area contributed by atoms with Crippen LogP contribution in [0.2, 0.25) is 0 Å². The van der Waals surface area contributed by atoms with Crippen LogP contribution in [0, 0.1) is 0 Å². The predicted molar refractivity (Wildman–Crippen MR) is 614 cm³/mol. The van der Waals surface area contributed by atoms with Crippen molar-refractivity contribution in [1.82, 2.24) is 72.3 Å². The van der Waals surface area contributed by atoms with Gasteiger partial charge in [0.05, 0.1) is 66.2 Å². The largest absolute Gasteiger partial charge is 0.309 e. The summed E-state index contributed by atoms with van der Waals surface area (Å²) in [6.07, 6.45) is 0. The normalized spacial score (nSPS) is 11.6. The molecule has 0 amide bonds. The molecule has 702 valence electrons. The van der Waals surface area contributed by atoms with Crippen molar-refractivity contribution in [2.75, 3.05) is 0 Å². The maximum absolute atomic E-state index is 5.21. The van der Waals surface area contributed by atoms with Crippen LogP contribution >= 0.6 is 0 Å². The van der Waals surface area contributed by atoms with Crippen LogP contribution in [0.15, 0.2) is 528 Å². The first-order valence-electron chi connectivity index (χ1n) is 50.4. The lowest BCUT2D eigenvalue weighted by Crippen LogP contribution is -2.06. The van der Waals surface area contributed by atoms with E-state index in [0.29, 0.717) is 52.8 Å². The number of para-hydroxylation sites is 7. The lowest BCUT2D eigenvalue weighted by Gasteiger charge is -2.12. The molecule has 0 aliphatic rings. The number of aromatic nitrogens is 15. The maximum Gasteiger partial charge on any atom is 0.238 e. The third-order valence-electron chi connectivity index (χ3n) is 28.7. The summed E-state index contributed by atoms with van der Waals surface area (Å²) in [5.74, 6) is 5.52. The zero-order valence-electron chi connectivity index (χ0n) is 80.9. The summed E-state index contributed by atoms with van der Waals surface area (Å²) in [6, 6.07) is 184. The van der Waals surface area contributed by atoms with Gasteiger partial charge in [-0.2, -0.15) is 29.9 Å². The molecule has 0 aliphatic heterocycles. The van der Waals surface area contributed by atoms with Gasteiger partial charge in [0.15, 0.2) is 34.9 Å². The van der Waals surface area contributed by atoms with Gasteiger partial charge in [-0.15, -0.1) is 0 Å². The number of rotatable bonds is 15. The van der Waals surface area contributed by atoms with Gasteiger partial charge < -0.3 is 13.7 Å². The van der Waals surface area contributed by atoms with Gasteiger partial charge in [-0.25, -0.2) is 15.0 Å². The Morgan fingerprint density at radius 1 is 0.113 bits per heavy atom. The topological polar surface area (TPSA) is 146 Å². The Morgan fingerprint density at radius 3 is 0.613 bits per heavy atom. The molecule has 9 heterocycles. The molecule has 150 heavy (non-hydrogen) atoms. The molecule has 0 unspecified atom stereocenters. The van der Waals surface area contributed by atoms with Gasteiger partial charge in [-0.3, -0.25) is 13.7 Å². The third-order valence-corrected chi connectivity index (χ3v) is 28.7. The number of hydrogen-bond acceptors (Lipinski definition) is 9. The van der Waals surface area contributed by atoms with E-state index < -0.39 is 0 Å². The number of nitrogens with zero attached hydrogens (tertiary/aromatic N) is 15. The Labute approximate surface area is 861 Å². The fourth-order valence-electron chi connectivity index (χ4n) is 22.0. The van der Waals surface area contributed by atoms with Gasteiger partial charge in [0.1, 0.15) is 0 Å². The van der Waals surface area contributed by atoms with E-state index in [4.69, 9.17) is 44.9 Å². The van der Waals surface area contributed by atoms with Crippen molar-refractivity contribution < 1.29 is 0 Å². The molecule has 0 radical (unpaired) electrons. The van der Waals surface area contributed by atoms with E-state index in [1.165, 1.54) is 71.2 Å². The average Bonchev–Trinajstić information content (AvgIpc) is 1.55. The quantitative estimate of drug-likeness (QED) is 0.0979. The first-order valence-corrected chi connectivity index (χ1v) is 50.4. The van der Waals surface area contributed by atoms with Crippen molar-refractivity contribution in [3.8, 4) is 137 Å². The van der Waals surface area contributed by atoms with Crippen molar-refractivity contribution in [2.24, 2.45) is 0 Å². The summed E-state index contributed by atoms with van der Waals surface area (Å²) in [5.41, 5.74) is 29.2. The van der Waals surface area contributed by atoms with Crippen LogP contribution in [0.5, 0.6) is 0 Å². The molecule has 0 saturated carbocycles. The molecular formula is C135H87N15. The Hall–Kier alpha value is -20.6. The Bertz CT molecular complexity index is 10300. The number of benzene rings is 21. The number of hydrogen-bond donors (Lipinski definition) is 0. The molecule has 30 rings (SSSR count). The van der Waals surface area contributed by atoms with E-state index in [1.807, 2.05) is 146 Å². The van der Waals surface area contributed by atoms with Crippen molar-refractivity contribution in [1.29, 1.82) is 0 Å². The Morgan fingerprint density at radius 2 is 0.313 bits per heavy atom. The van der Waals surface area contributed by atoms with Crippen LogP contribution in [0.4, 0.5) is 0 Å². The molecule has 0 aliphatic carbocycles. The summed E-state index contributed by atoms with van der Waals surface area (Å²) < 4.78 is 13.8. The molecule has 0 N–H and O–H groups in total. The molecule has 0 fully saturated rings. The second-order valence-corrected chi connectivity index (χ2v) is 37.5.